The standard InChI is InChI=1S/C52H35N3/c1-4-14-38(15-5-1)51-54-49(37-27-25-36(26-28-37)42-18-13-31-53-35-42)34-50(55-51)41-17-12-16-39(32-41)40-29-30-48-46(33-40)45-23-10-11-24-47(45)52(48,43-19-6-2-7-20-43)44-21-8-3-9-22-44/h1-35H. The molecule has 1 aliphatic rings. The third-order valence-electron chi connectivity index (χ3n) is 10.9. The summed E-state index contributed by atoms with van der Waals surface area (Å²) in [6, 6.07) is 71.5. The molecule has 10 rings (SSSR count). The van der Waals surface area contributed by atoms with Gasteiger partial charge in [0.15, 0.2) is 5.82 Å². The van der Waals surface area contributed by atoms with Crippen molar-refractivity contribution in [3.63, 3.8) is 0 Å². The highest BCUT2D eigenvalue weighted by Crippen LogP contribution is 2.56. The Kier molecular flexibility index (Phi) is 8.04. The predicted molar refractivity (Wildman–Crippen MR) is 224 cm³/mol. The smallest absolute Gasteiger partial charge is 0.160 e. The van der Waals surface area contributed by atoms with Crippen LogP contribution in [0.4, 0.5) is 0 Å². The quantitative estimate of drug-likeness (QED) is 0.166. The molecule has 7 aromatic carbocycles. The first-order valence-electron chi connectivity index (χ1n) is 18.7. The summed E-state index contributed by atoms with van der Waals surface area (Å²) < 4.78 is 0. The summed E-state index contributed by atoms with van der Waals surface area (Å²) in [6.07, 6.45) is 3.69. The van der Waals surface area contributed by atoms with Crippen LogP contribution >= 0.6 is 0 Å². The van der Waals surface area contributed by atoms with Gasteiger partial charge in [0.25, 0.3) is 0 Å². The second-order valence-corrected chi connectivity index (χ2v) is 14.0. The third kappa shape index (κ3) is 5.65. The molecule has 2 heterocycles. The molecule has 0 spiro atoms. The van der Waals surface area contributed by atoms with E-state index < -0.39 is 5.41 Å². The van der Waals surface area contributed by atoms with Crippen LogP contribution in [0.5, 0.6) is 0 Å². The number of benzene rings is 7. The van der Waals surface area contributed by atoms with Crippen molar-refractivity contribution in [1.29, 1.82) is 0 Å². The first-order valence-corrected chi connectivity index (χ1v) is 18.7. The Hall–Kier alpha value is -7.23. The molecule has 0 amide bonds. The van der Waals surface area contributed by atoms with Crippen LogP contribution in [-0.4, -0.2) is 15.0 Å². The van der Waals surface area contributed by atoms with E-state index in [-0.39, 0.29) is 0 Å². The van der Waals surface area contributed by atoms with Crippen LogP contribution in [0.1, 0.15) is 22.3 Å². The summed E-state index contributed by atoms with van der Waals surface area (Å²) >= 11 is 0. The van der Waals surface area contributed by atoms with Gasteiger partial charge in [-0.05, 0) is 79.9 Å². The summed E-state index contributed by atoms with van der Waals surface area (Å²) in [5, 5.41) is 0. The number of aromatic nitrogens is 3. The Balaban J connectivity index is 1.09. The van der Waals surface area contributed by atoms with Crippen molar-refractivity contribution in [3.05, 3.63) is 235 Å². The third-order valence-corrected chi connectivity index (χ3v) is 10.9. The van der Waals surface area contributed by atoms with Crippen molar-refractivity contribution in [2.75, 3.05) is 0 Å². The van der Waals surface area contributed by atoms with Gasteiger partial charge >= 0.3 is 0 Å². The van der Waals surface area contributed by atoms with Crippen molar-refractivity contribution in [2.24, 2.45) is 0 Å². The van der Waals surface area contributed by atoms with Gasteiger partial charge in [-0.1, -0.05) is 176 Å². The van der Waals surface area contributed by atoms with Gasteiger partial charge < -0.3 is 0 Å². The lowest BCUT2D eigenvalue weighted by molar-refractivity contribution is 0.768. The van der Waals surface area contributed by atoms with E-state index in [4.69, 9.17) is 9.97 Å². The van der Waals surface area contributed by atoms with Gasteiger partial charge in [0.05, 0.1) is 16.8 Å². The minimum Gasteiger partial charge on any atom is -0.264 e. The fourth-order valence-electron chi connectivity index (χ4n) is 8.31. The molecule has 2 aromatic heterocycles. The molecule has 0 unspecified atom stereocenters. The summed E-state index contributed by atoms with van der Waals surface area (Å²) in [6.45, 7) is 0. The lowest BCUT2D eigenvalue weighted by atomic mass is 9.67. The Morgan fingerprint density at radius 2 is 0.873 bits per heavy atom. The van der Waals surface area contributed by atoms with E-state index in [0.29, 0.717) is 5.82 Å². The molecule has 1 aliphatic carbocycles. The highest BCUT2D eigenvalue weighted by Gasteiger charge is 2.45. The second kappa shape index (κ2) is 13.6. The van der Waals surface area contributed by atoms with Crippen LogP contribution in [-0.2, 0) is 5.41 Å². The predicted octanol–water partition coefficient (Wildman–Crippen LogP) is 12.6. The molecular weight excluding hydrogens is 667 g/mol. The van der Waals surface area contributed by atoms with E-state index in [1.165, 1.54) is 33.4 Å². The van der Waals surface area contributed by atoms with Gasteiger partial charge in [-0.25, -0.2) is 9.97 Å². The molecule has 0 bridgehead atoms. The lowest BCUT2D eigenvalue weighted by Gasteiger charge is -2.33. The van der Waals surface area contributed by atoms with Crippen LogP contribution < -0.4 is 0 Å². The molecule has 55 heavy (non-hydrogen) atoms. The Morgan fingerprint density at radius 3 is 1.58 bits per heavy atom. The number of rotatable bonds is 7. The second-order valence-electron chi connectivity index (χ2n) is 14.0. The van der Waals surface area contributed by atoms with E-state index in [0.717, 1.165) is 50.3 Å². The number of pyridine rings is 1. The van der Waals surface area contributed by atoms with Crippen molar-refractivity contribution < 1.29 is 0 Å². The maximum absolute atomic E-state index is 5.15. The maximum Gasteiger partial charge on any atom is 0.160 e. The van der Waals surface area contributed by atoms with E-state index >= 15 is 0 Å². The highest BCUT2D eigenvalue weighted by atomic mass is 14.9. The summed E-state index contributed by atoms with van der Waals surface area (Å²) in [4.78, 5) is 14.5. The van der Waals surface area contributed by atoms with Crippen LogP contribution in [0.2, 0.25) is 0 Å². The summed E-state index contributed by atoms with van der Waals surface area (Å²) in [5.41, 5.74) is 16.5. The zero-order chi connectivity index (χ0) is 36.6. The normalized spacial score (nSPS) is 12.5. The maximum atomic E-state index is 5.15. The number of fused-ring (bicyclic) bond motifs is 3. The van der Waals surface area contributed by atoms with Crippen LogP contribution in [0, 0.1) is 0 Å². The highest BCUT2D eigenvalue weighted by molar-refractivity contribution is 5.89. The van der Waals surface area contributed by atoms with Gasteiger partial charge in [-0.15, -0.1) is 0 Å². The molecule has 0 saturated carbocycles. The van der Waals surface area contributed by atoms with Gasteiger partial charge in [0.1, 0.15) is 0 Å². The number of nitrogens with zero attached hydrogens (tertiary/aromatic N) is 3. The topological polar surface area (TPSA) is 38.7 Å². The van der Waals surface area contributed by atoms with E-state index in [1.54, 1.807) is 6.20 Å². The molecule has 3 heteroatoms. The fraction of sp³-hybridized carbons (Fsp3) is 0.0192. The van der Waals surface area contributed by atoms with Crippen molar-refractivity contribution in [3.8, 4) is 67.3 Å². The van der Waals surface area contributed by atoms with Crippen LogP contribution in [0.3, 0.4) is 0 Å². The largest absolute Gasteiger partial charge is 0.264 e. The fourth-order valence-corrected chi connectivity index (χ4v) is 8.31. The monoisotopic (exact) mass is 701 g/mol. The molecule has 0 fully saturated rings. The molecule has 0 radical (unpaired) electrons. The SMILES string of the molecule is c1ccc(-c2nc(-c3ccc(-c4cccnc4)cc3)cc(-c3cccc(-c4ccc5c(c4)-c4ccccc4C5(c4ccccc4)c4ccccc4)c3)n2)cc1. The Labute approximate surface area is 321 Å². The van der Waals surface area contributed by atoms with E-state index in [1.807, 2.05) is 30.5 Å². The van der Waals surface area contributed by atoms with Gasteiger partial charge in [0, 0.05) is 29.1 Å². The molecule has 0 N–H and O–H groups in total. The molecule has 0 saturated heterocycles. The summed E-state index contributed by atoms with van der Waals surface area (Å²) in [7, 11) is 0. The van der Waals surface area contributed by atoms with Gasteiger partial charge in [-0.2, -0.15) is 0 Å². The lowest BCUT2D eigenvalue weighted by Crippen LogP contribution is -2.28. The van der Waals surface area contributed by atoms with Crippen LogP contribution in [0.15, 0.2) is 213 Å². The number of hydrogen-bond acceptors (Lipinski definition) is 3. The number of hydrogen-bond donors (Lipinski definition) is 0. The Morgan fingerprint density at radius 1 is 0.327 bits per heavy atom. The first kappa shape index (κ1) is 32.4. The van der Waals surface area contributed by atoms with Crippen molar-refractivity contribution in [1.82, 2.24) is 15.0 Å². The van der Waals surface area contributed by atoms with Gasteiger partial charge in [0.2, 0.25) is 0 Å². The molecule has 9 aromatic rings. The molecular formula is C52H35N3. The minimum atomic E-state index is -0.420. The zero-order valence-corrected chi connectivity index (χ0v) is 30.0. The van der Waals surface area contributed by atoms with Crippen molar-refractivity contribution in [2.45, 2.75) is 5.41 Å². The Bertz CT molecular complexity index is 2740. The molecule has 0 atom stereocenters. The molecule has 3 nitrogen and oxygen atoms in total. The minimum absolute atomic E-state index is 0.420. The molecule has 0 aliphatic heterocycles. The van der Waals surface area contributed by atoms with Crippen molar-refractivity contribution >= 4 is 0 Å². The first-order chi connectivity index (χ1) is 27.3. The average molecular weight is 702 g/mol. The van der Waals surface area contributed by atoms with Crippen LogP contribution in [0.25, 0.3) is 67.3 Å². The average Bonchev–Trinajstić information content (AvgIpc) is 3.58. The van der Waals surface area contributed by atoms with Gasteiger partial charge in [-0.3, -0.25) is 4.98 Å². The zero-order valence-electron chi connectivity index (χ0n) is 30.0. The molecule has 258 valence electrons. The summed E-state index contributed by atoms with van der Waals surface area (Å²) in [5.74, 6) is 0.696. The van der Waals surface area contributed by atoms with E-state index in [9.17, 15) is 0 Å². The van der Waals surface area contributed by atoms with E-state index in [2.05, 4.69) is 181 Å².